The van der Waals surface area contributed by atoms with Gasteiger partial charge in [0.2, 0.25) is 0 Å². The van der Waals surface area contributed by atoms with Crippen LogP contribution in [0, 0.1) is 5.41 Å². The van der Waals surface area contributed by atoms with Crippen LogP contribution < -0.4 is 16.5 Å². The van der Waals surface area contributed by atoms with Gasteiger partial charge in [-0.2, -0.15) is 0 Å². The number of benzene rings is 2. The zero-order valence-corrected chi connectivity index (χ0v) is 18.1. The molecule has 10 nitrogen and oxygen atoms in total. The molecule has 0 saturated heterocycles. The van der Waals surface area contributed by atoms with Crippen molar-refractivity contribution in [3.63, 3.8) is 0 Å². The Morgan fingerprint density at radius 1 is 1.12 bits per heavy atom. The minimum absolute atomic E-state index is 0.0539. The smallest absolute Gasteiger partial charge is 0.430 e. The van der Waals surface area contributed by atoms with Crippen LogP contribution in [0.4, 0.5) is 10.5 Å². The molecule has 0 saturated carbocycles. The summed E-state index contributed by atoms with van der Waals surface area (Å²) in [5, 5.41) is 20.4. The summed E-state index contributed by atoms with van der Waals surface area (Å²) in [4.78, 5) is 37.8. The minimum Gasteiger partial charge on any atom is -0.480 e. The van der Waals surface area contributed by atoms with Crippen molar-refractivity contribution in [3.8, 4) is 0 Å². The van der Waals surface area contributed by atoms with Crippen LogP contribution in [0.15, 0.2) is 54.6 Å². The van der Waals surface area contributed by atoms with E-state index in [1.165, 1.54) is 12.1 Å². The molecule has 170 valence electrons. The fraction of sp³-hybridized carbons (Fsp3) is 0.273. The Kier molecular flexibility index (Phi) is 7.78. The number of hydrogen-bond acceptors (Lipinski definition) is 5. The van der Waals surface area contributed by atoms with E-state index in [0.717, 1.165) is 0 Å². The lowest BCUT2D eigenvalue weighted by Crippen LogP contribution is -2.56. The number of guanidine groups is 1. The summed E-state index contributed by atoms with van der Waals surface area (Å²) < 4.78 is 5.33. The Bertz CT molecular complexity index is 988. The average Bonchev–Trinajstić information content (AvgIpc) is 2.69. The maximum Gasteiger partial charge on any atom is 0.430 e. The molecular weight excluding hydrogens is 414 g/mol. The second-order valence-electron chi connectivity index (χ2n) is 7.95. The lowest BCUT2D eigenvalue weighted by Gasteiger charge is -2.31. The van der Waals surface area contributed by atoms with E-state index in [0.29, 0.717) is 16.3 Å². The highest BCUT2D eigenvalue weighted by Crippen LogP contribution is 2.16. The van der Waals surface area contributed by atoms with E-state index in [-0.39, 0.29) is 17.9 Å². The minimum atomic E-state index is -1.42. The molecule has 0 bridgehead atoms. The predicted molar refractivity (Wildman–Crippen MR) is 119 cm³/mol. The molecule has 2 amide bonds. The first-order chi connectivity index (χ1) is 15.0. The monoisotopic (exact) mass is 441 g/mol. The largest absolute Gasteiger partial charge is 0.480 e. The van der Waals surface area contributed by atoms with Gasteiger partial charge in [0.15, 0.2) is 12.0 Å². The summed E-state index contributed by atoms with van der Waals surface area (Å²) in [6.07, 6.45) is -1.06. The number of nitrogens with one attached hydrogen (secondary N) is 3. The number of anilines is 1. The van der Waals surface area contributed by atoms with Crippen molar-refractivity contribution in [3.05, 3.63) is 65.7 Å². The average molecular weight is 441 g/mol. The van der Waals surface area contributed by atoms with Crippen LogP contribution in [-0.2, 0) is 16.0 Å². The van der Waals surface area contributed by atoms with Gasteiger partial charge in [-0.25, -0.2) is 14.6 Å². The van der Waals surface area contributed by atoms with Crippen LogP contribution in [0.2, 0.25) is 0 Å². The highest BCUT2D eigenvalue weighted by Gasteiger charge is 2.35. The number of carbonyl (C=O) groups is 3. The van der Waals surface area contributed by atoms with Gasteiger partial charge in [0.25, 0.3) is 5.91 Å². The number of carbonyl (C=O) groups excluding carboxylic acids is 2. The van der Waals surface area contributed by atoms with Crippen LogP contribution in [0.3, 0.4) is 0 Å². The molecule has 0 aliphatic carbocycles. The molecule has 32 heavy (non-hydrogen) atoms. The summed E-state index contributed by atoms with van der Waals surface area (Å²) in [5.74, 6) is -2.36. The summed E-state index contributed by atoms with van der Waals surface area (Å²) in [6.45, 7) is 4.90. The van der Waals surface area contributed by atoms with E-state index >= 15 is 0 Å². The maximum atomic E-state index is 12.9. The van der Waals surface area contributed by atoms with Gasteiger partial charge in [-0.3, -0.25) is 15.6 Å². The SMILES string of the molecule is CC(C)(C)OC(=O)N(NC(=O)c1cccc(NC(=N)N)c1)[C@@H](Cc1ccccc1)C(=O)O. The van der Waals surface area contributed by atoms with Crippen LogP contribution in [0.25, 0.3) is 0 Å². The third-order valence-electron chi connectivity index (χ3n) is 4.08. The first kappa shape index (κ1) is 24.2. The fourth-order valence-corrected chi connectivity index (χ4v) is 2.76. The molecular formula is C22H27N5O5. The van der Waals surface area contributed by atoms with Gasteiger partial charge in [-0.1, -0.05) is 36.4 Å². The molecule has 1 atom stereocenters. The summed E-state index contributed by atoms with van der Waals surface area (Å²) in [7, 11) is 0. The van der Waals surface area contributed by atoms with Crippen molar-refractivity contribution >= 4 is 29.6 Å². The van der Waals surface area contributed by atoms with Gasteiger partial charge in [0.1, 0.15) is 5.60 Å². The zero-order valence-electron chi connectivity index (χ0n) is 18.1. The molecule has 0 aliphatic heterocycles. The third-order valence-corrected chi connectivity index (χ3v) is 4.08. The Balaban J connectivity index is 2.35. The van der Waals surface area contributed by atoms with Gasteiger partial charge < -0.3 is 20.9 Å². The standard InChI is InChI=1S/C22H27N5O5/c1-22(2,3)32-21(31)27(17(19(29)30)12-14-8-5-4-6-9-14)26-18(28)15-10-7-11-16(13-15)25-20(23)24/h4-11,13,17H,12H2,1-3H3,(H,26,28)(H,29,30)(H4,23,24,25)/t17-/m0/s1. The Morgan fingerprint density at radius 2 is 1.78 bits per heavy atom. The van der Waals surface area contributed by atoms with Crippen molar-refractivity contribution in [1.82, 2.24) is 10.4 Å². The van der Waals surface area contributed by atoms with E-state index in [4.69, 9.17) is 15.9 Å². The number of amides is 2. The normalized spacial score (nSPS) is 11.7. The Morgan fingerprint density at radius 3 is 2.34 bits per heavy atom. The third kappa shape index (κ3) is 7.31. The molecule has 0 aliphatic rings. The van der Waals surface area contributed by atoms with Crippen LogP contribution in [-0.4, -0.2) is 45.7 Å². The summed E-state index contributed by atoms with van der Waals surface area (Å²) >= 11 is 0. The molecule has 0 radical (unpaired) electrons. The van der Waals surface area contributed by atoms with Gasteiger partial charge in [0.05, 0.1) is 0 Å². The number of carboxylic acid groups (broad SMARTS) is 1. The van der Waals surface area contributed by atoms with Gasteiger partial charge in [-0.15, -0.1) is 0 Å². The zero-order chi connectivity index (χ0) is 23.9. The molecule has 0 spiro atoms. The molecule has 2 rings (SSSR count). The number of nitrogens with two attached hydrogens (primary N) is 1. The van der Waals surface area contributed by atoms with Crippen molar-refractivity contribution in [2.45, 2.75) is 38.8 Å². The van der Waals surface area contributed by atoms with Crippen molar-refractivity contribution < 1.29 is 24.2 Å². The molecule has 6 N–H and O–H groups in total. The van der Waals surface area contributed by atoms with Crippen LogP contribution >= 0.6 is 0 Å². The Hall–Kier alpha value is -4.08. The second kappa shape index (κ2) is 10.3. The van der Waals surface area contributed by atoms with Gasteiger partial charge >= 0.3 is 12.1 Å². The molecule has 2 aromatic carbocycles. The second-order valence-corrected chi connectivity index (χ2v) is 7.95. The number of rotatable bonds is 6. The van der Waals surface area contributed by atoms with E-state index in [1.807, 2.05) is 0 Å². The number of hydrazine groups is 1. The van der Waals surface area contributed by atoms with Crippen molar-refractivity contribution in [2.24, 2.45) is 5.73 Å². The highest BCUT2D eigenvalue weighted by atomic mass is 16.6. The molecule has 0 aromatic heterocycles. The molecule has 2 aromatic rings. The predicted octanol–water partition coefficient (Wildman–Crippen LogP) is 2.57. The van der Waals surface area contributed by atoms with Crippen LogP contribution in [0.5, 0.6) is 0 Å². The lowest BCUT2D eigenvalue weighted by atomic mass is 10.1. The number of aliphatic carboxylic acids is 1. The summed E-state index contributed by atoms with van der Waals surface area (Å²) in [6, 6.07) is 13.3. The first-order valence-corrected chi connectivity index (χ1v) is 9.77. The molecule has 0 heterocycles. The van der Waals surface area contributed by atoms with Crippen molar-refractivity contribution in [1.29, 1.82) is 5.41 Å². The molecule has 0 fully saturated rings. The first-order valence-electron chi connectivity index (χ1n) is 9.77. The number of nitrogens with zero attached hydrogens (tertiary/aromatic N) is 1. The maximum absolute atomic E-state index is 12.9. The van der Waals surface area contributed by atoms with Gasteiger partial charge in [-0.05, 0) is 44.5 Å². The van der Waals surface area contributed by atoms with Crippen molar-refractivity contribution in [2.75, 3.05) is 5.32 Å². The van der Waals surface area contributed by atoms with E-state index < -0.39 is 29.6 Å². The topological polar surface area (TPSA) is 158 Å². The van der Waals surface area contributed by atoms with E-state index in [1.54, 1.807) is 63.2 Å². The van der Waals surface area contributed by atoms with Crippen LogP contribution in [0.1, 0.15) is 36.7 Å². The van der Waals surface area contributed by atoms with E-state index in [9.17, 15) is 19.5 Å². The highest BCUT2D eigenvalue weighted by molar-refractivity contribution is 5.98. The van der Waals surface area contributed by atoms with Gasteiger partial charge in [0, 0.05) is 17.7 Å². The molecule has 0 unspecified atom stereocenters. The number of hydrogen-bond donors (Lipinski definition) is 5. The Labute approximate surface area is 185 Å². The van der Waals surface area contributed by atoms with E-state index in [2.05, 4.69) is 10.7 Å². The number of ether oxygens (including phenoxy) is 1. The number of carboxylic acids is 1. The lowest BCUT2D eigenvalue weighted by molar-refractivity contribution is -0.144. The molecule has 10 heteroatoms. The summed E-state index contributed by atoms with van der Waals surface area (Å²) in [5.41, 5.74) is 7.93. The fourth-order valence-electron chi connectivity index (χ4n) is 2.76. The quantitative estimate of drug-likeness (QED) is 0.262.